The Morgan fingerprint density at radius 1 is 1.21 bits per heavy atom. The average molecular weight is 379 g/mol. The van der Waals surface area contributed by atoms with Crippen LogP contribution in [-0.4, -0.2) is 30.1 Å². The van der Waals surface area contributed by atoms with Crippen molar-refractivity contribution in [1.82, 2.24) is 0 Å². The van der Waals surface area contributed by atoms with Gasteiger partial charge in [-0.3, -0.25) is 9.59 Å². The lowest BCUT2D eigenvalue weighted by atomic mass is 9.89. The number of fused-ring (bicyclic) bond motifs is 2. The number of nitrogens with zero attached hydrogens (tertiary/aromatic N) is 1. The lowest BCUT2D eigenvalue weighted by Gasteiger charge is -2.22. The predicted octanol–water partition coefficient (Wildman–Crippen LogP) is 3.03. The van der Waals surface area contributed by atoms with Crippen molar-refractivity contribution in [1.29, 1.82) is 0 Å². The second-order valence-corrected chi connectivity index (χ2v) is 6.92. The maximum absolute atomic E-state index is 12.9. The Hall–Kier alpha value is -3.12. The van der Waals surface area contributed by atoms with Gasteiger partial charge in [0.05, 0.1) is 12.1 Å². The zero-order valence-corrected chi connectivity index (χ0v) is 15.6. The number of ether oxygens (including phenoxy) is 2. The number of carbonyl (C=O) groups is 2. The molecule has 28 heavy (non-hydrogen) atoms. The fourth-order valence-corrected chi connectivity index (χ4v) is 3.64. The molecule has 2 aromatic rings. The lowest BCUT2D eigenvalue weighted by Crippen LogP contribution is -2.41. The molecule has 6 heteroatoms. The van der Waals surface area contributed by atoms with Gasteiger partial charge in [-0.15, -0.1) is 0 Å². The zero-order valence-electron chi connectivity index (χ0n) is 15.6. The van der Waals surface area contributed by atoms with Gasteiger partial charge in [0.2, 0.25) is 6.79 Å². The molecule has 2 aliphatic heterocycles. The second-order valence-electron chi connectivity index (χ2n) is 6.92. The van der Waals surface area contributed by atoms with Gasteiger partial charge in [0.25, 0.3) is 5.91 Å². The van der Waals surface area contributed by atoms with Gasteiger partial charge in [0.1, 0.15) is 0 Å². The Balaban J connectivity index is 1.54. The first-order valence-electron chi connectivity index (χ1n) is 9.27. The molecule has 0 radical (unpaired) electrons. The Bertz CT molecular complexity index is 967. The zero-order chi connectivity index (χ0) is 19.7. The number of allylic oxidation sites excluding steroid dienone is 1. The topological polar surface area (TPSA) is 76.1 Å². The summed E-state index contributed by atoms with van der Waals surface area (Å²) < 4.78 is 10.6. The van der Waals surface area contributed by atoms with Crippen molar-refractivity contribution in [3.05, 3.63) is 59.7 Å². The van der Waals surface area contributed by atoms with Crippen LogP contribution < -0.4 is 14.4 Å². The number of amides is 1. The number of carbonyl (C=O) groups excluding carboxylic acids is 2. The van der Waals surface area contributed by atoms with Gasteiger partial charge < -0.3 is 19.5 Å². The summed E-state index contributed by atoms with van der Waals surface area (Å²) in [6.07, 6.45) is 3.48. The molecular weight excluding hydrogens is 358 g/mol. The second kappa shape index (κ2) is 7.13. The first-order chi connectivity index (χ1) is 13.5. The lowest BCUT2D eigenvalue weighted by molar-refractivity contribution is -0.140. The number of ketones is 1. The molecule has 2 aliphatic rings. The van der Waals surface area contributed by atoms with Crippen LogP contribution in [0, 0.1) is 0 Å². The molecule has 0 aromatic heterocycles. The van der Waals surface area contributed by atoms with Crippen molar-refractivity contribution in [2.75, 3.05) is 18.2 Å². The summed E-state index contributed by atoms with van der Waals surface area (Å²) in [6.45, 7) is 2.65. The molecule has 0 saturated carbocycles. The van der Waals surface area contributed by atoms with E-state index in [0.717, 1.165) is 12.0 Å². The molecule has 0 fully saturated rings. The summed E-state index contributed by atoms with van der Waals surface area (Å²) in [6, 6.07) is 12.5. The summed E-state index contributed by atoms with van der Waals surface area (Å²) in [5.41, 5.74) is 0.0975. The van der Waals surface area contributed by atoms with Crippen molar-refractivity contribution in [2.24, 2.45) is 0 Å². The molecule has 1 N–H and O–H groups in total. The van der Waals surface area contributed by atoms with Crippen molar-refractivity contribution in [3.63, 3.8) is 0 Å². The quantitative estimate of drug-likeness (QED) is 0.781. The van der Waals surface area contributed by atoms with Crippen molar-refractivity contribution in [2.45, 2.75) is 25.4 Å². The minimum absolute atomic E-state index is 0.185. The molecule has 2 aromatic carbocycles. The molecule has 4 rings (SSSR count). The Morgan fingerprint density at radius 2 is 2.00 bits per heavy atom. The minimum Gasteiger partial charge on any atom is -0.454 e. The highest BCUT2D eigenvalue weighted by Crippen LogP contribution is 2.42. The maximum Gasteiger partial charge on any atom is 0.264 e. The van der Waals surface area contributed by atoms with Crippen LogP contribution in [0.3, 0.4) is 0 Å². The number of hydrogen-bond acceptors (Lipinski definition) is 5. The van der Waals surface area contributed by atoms with Gasteiger partial charge in [-0.05, 0) is 36.3 Å². The first-order valence-corrected chi connectivity index (χ1v) is 9.27. The number of hydrogen-bond donors (Lipinski definition) is 1. The summed E-state index contributed by atoms with van der Waals surface area (Å²) >= 11 is 0. The van der Waals surface area contributed by atoms with Gasteiger partial charge in [0, 0.05) is 12.1 Å². The van der Waals surface area contributed by atoms with E-state index in [1.165, 1.54) is 6.08 Å². The molecule has 1 amide bonds. The molecule has 0 unspecified atom stereocenters. The minimum atomic E-state index is -1.83. The molecule has 6 nitrogen and oxygen atoms in total. The van der Waals surface area contributed by atoms with Crippen LogP contribution in [0.2, 0.25) is 0 Å². The maximum atomic E-state index is 12.9. The molecule has 1 atom stereocenters. The first kappa shape index (κ1) is 18.3. The predicted molar refractivity (Wildman–Crippen MR) is 104 cm³/mol. The van der Waals surface area contributed by atoms with E-state index in [4.69, 9.17) is 9.47 Å². The molecule has 0 spiro atoms. The Kier molecular flexibility index (Phi) is 4.65. The van der Waals surface area contributed by atoms with Crippen LogP contribution in [0.25, 0.3) is 6.08 Å². The Labute approximate surface area is 163 Å². The largest absolute Gasteiger partial charge is 0.454 e. The van der Waals surface area contributed by atoms with Crippen LogP contribution in [0.15, 0.2) is 48.5 Å². The number of anilines is 1. The monoisotopic (exact) mass is 379 g/mol. The van der Waals surface area contributed by atoms with E-state index < -0.39 is 11.5 Å². The summed E-state index contributed by atoms with van der Waals surface area (Å²) in [4.78, 5) is 27.0. The number of aliphatic hydroxyl groups is 1. The summed E-state index contributed by atoms with van der Waals surface area (Å²) in [5, 5.41) is 11.1. The standard InChI is InChI=1S/C22H21NO5/c1-2-11-23-18-6-4-3-5-17(18)22(26,21(23)25)13-16(24)9-7-15-8-10-19-20(12-15)28-14-27-19/h3-10,12,26H,2,11,13-14H2,1H3/b9-7-/t22-/m0/s1. The number of para-hydroxylation sites is 1. The van der Waals surface area contributed by atoms with Gasteiger partial charge >= 0.3 is 0 Å². The molecule has 2 heterocycles. The highest BCUT2D eigenvalue weighted by atomic mass is 16.7. The van der Waals surface area contributed by atoms with Gasteiger partial charge in [-0.1, -0.05) is 37.3 Å². The van der Waals surface area contributed by atoms with Crippen LogP contribution >= 0.6 is 0 Å². The Morgan fingerprint density at radius 3 is 2.82 bits per heavy atom. The molecule has 0 bridgehead atoms. The molecular formula is C22H21NO5. The SMILES string of the molecule is CCCN1C(=O)[C@](O)(CC(=O)/C=C\c2ccc3c(c2)OCO3)c2ccccc21. The summed E-state index contributed by atoms with van der Waals surface area (Å²) in [5.74, 6) is 0.521. The average Bonchev–Trinajstić information content (AvgIpc) is 3.24. The van der Waals surface area contributed by atoms with E-state index >= 15 is 0 Å². The van der Waals surface area contributed by atoms with Crippen molar-refractivity contribution >= 4 is 23.5 Å². The van der Waals surface area contributed by atoms with Crippen LogP contribution in [0.1, 0.15) is 30.9 Å². The molecule has 144 valence electrons. The number of rotatable bonds is 6. The summed E-state index contributed by atoms with van der Waals surface area (Å²) in [7, 11) is 0. The molecule has 0 saturated heterocycles. The van der Waals surface area contributed by atoms with E-state index in [0.29, 0.717) is 29.3 Å². The van der Waals surface area contributed by atoms with Gasteiger partial charge in [0.15, 0.2) is 22.9 Å². The molecule has 0 aliphatic carbocycles. The van der Waals surface area contributed by atoms with Crippen molar-refractivity contribution in [3.8, 4) is 11.5 Å². The van der Waals surface area contributed by atoms with Crippen LogP contribution in [0.5, 0.6) is 11.5 Å². The third-order valence-corrected chi connectivity index (χ3v) is 4.97. The fourth-order valence-electron chi connectivity index (χ4n) is 3.64. The van der Waals surface area contributed by atoms with Crippen molar-refractivity contribution < 1.29 is 24.2 Å². The van der Waals surface area contributed by atoms with E-state index in [1.54, 1.807) is 41.3 Å². The van der Waals surface area contributed by atoms with E-state index in [2.05, 4.69) is 0 Å². The van der Waals surface area contributed by atoms with Gasteiger partial charge in [-0.2, -0.15) is 0 Å². The van der Waals surface area contributed by atoms with E-state index in [1.807, 2.05) is 19.1 Å². The third kappa shape index (κ3) is 3.05. The van der Waals surface area contributed by atoms with E-state index in [9.17, 15) is 14.7 Å². The fraction of sp³-hybridized carbons (Fsp3) is 0.273. The van der Waals surface area contributed by atoms with Crippen LogP contribution in [0.4, 0.5) is 5.69 Å². The normalized spacial score (nSPS) is 20.1. The number of benzene rings is 2. The van der Waals surface area contributed by atoms with Gasteiger partial charge in [-0.25, -0.2) is 0 Å². The highest BCUT2D eigenvalue weighted by molar-refractivity contribution is 6.10. The highest BCUT2D eigenvalue weighted by Gasteiger charge is 2.50. The smallest absolute Gasteiger partial charge is 0.264 e. The van der Waals surface area contributed by atoms with E-state index in [-0.39, 0.29) is 19.0 Å². The van der Waals surface area contributed by atoms with Crippen LogP contribution in [-0.2, 0) is 15.2 Å². The third-order valence-electron chi connectivity index (χ3n) is 4.97.